The number of carboxylic acid groups (broad SMARTS) is 1. The molecule has 0 fully saturated rings. The lowest BCUT2D eigenvalue weighted by molar-refractivity contribution is 0.0697. The van der Waals surface area contributed by atoms with Crippen LogP contribution >= 0.6 is 0 Å². The van der Waals surface area contributed by atoms with Gasteiger partial charge in [0, 0.05) is 0 Å². The largest absolute Gasteiger partial charge is 0.493 e. The lowest BCUT2D eigenvalue weighted by Gasteiger charge is -2.06. The van der Waals surface area contributed by atoms with Crippen molar-refractivity contribution in [3.8, 4) is 5.88 Å². The number of hydrogen-bond donors (Lipinski definition) is 3. The first-order valence-corrected chi connectivity index (χ1v) is 9.84. The van der Waals surface area contributed by atoms with E-state index in [9.17, 15) is 23.4 Å². The van der Waals surface area contributed by atoms with E-state index in [2.05, 4.69) is 20.2 Å². The quantitative estimate of drug-likeness (QED) is 0.329. The van der Waals surface area contributed by atoms with Gasteiger partial charge in [0.25, 0.3) is 10.1 Å². The van der Waals surface area contributed by atoms with Gasteiger partial charge in [-0.1, -0.05) is 12.1 Å². The van der Waals surface area contributed by atoms with Crippen LogP contribution in [-0.4, -0.2) is 43.5 Å². The summed E-state index contributed by atoms with van der Waals surface area (Å²) in [4.78, 5) is 19.5. The Morgan fingerprint density at radius 1 is 1.10 bits per heavy atom. The molecule has 3 N–H and O–H groups in total. The van der Waals surface area contributed by atoms with Crippen molar-refractivity contribution in [3.63, 3.8) is 0 Å². The number of benzene rings is 2. The number of carbonyl (C=O) groups is 1. The van der Waals surface area contributed by atoms with Crippen LogP contribution in [0.15, 0.2) is 57.6 Å². The fourth-order valence-electron chi connectivity index (χ4n) is 2.92. The van der Waals surface area contributed by atoms with Crippen molar-refractivity contribution in [1.29, 1.82) is 0 Å². The molecule has 0 spiro atoms. The minimum atomic E-state index is -4.59. The summed E-state index contributed by atoms with van der Waals surface area (Å²) in [6, 6.07) is 9.91. The Balaban J connectivity index is 1.87. The van der Waals surface area contributed by atoms with E-state index in [0.717, 1.165) is 18.2 Å². The number of aromatic carboxylic acids is 1. The van der Waals surface area contributed by atoms with Crippen LogP contribution in [0.5, 0.6) is 5.88 Å². The number of imidazole rings is 1. The summed E-state index contributed by atoms with van der Waals surface area (Å²) in [5.41, 5.74) is 0.823. The third-order valence-electron chi connectivity index (χ3n) is 4.33. The highest BCUT2D eigenvalue weighted by molar-refractivity contribution is 7.85. The molecule has 12 heteroatoms. The number of para-hydroxylation sites is 2. The van der Waals surface area contributed by atoms with Gasteiger partial charge < -0.3 is 10.2 Å². The molecule has 30 heavy (non-hydrogen) atoms. The van der Waals surface area contributed by atoms with E-state index < -0.39 is 26.5 Å². The van der Waals surface area contributed by atoms with Gasteiger partial charge in [0.1, 0.15) is 5.69 Å². The number of aryl methyl sites for hydroxylation is 1. The predicted molar refractivity (Wildman–Crippen MR) is 104 cm³/mol. The van der Waals surface area contributed by atoms with Crippen molar-refractivity contribution in [1.82, 2.24) is 14.4 Å². The summed E-state index contributed by atoms with van der Waals surface area (Å²) in [5, 5.41) is 27.9. The predicted octanol–water partition coefficient (Wildman–Crippen LogP) is 3.26. The van der Waals surface area contributed by atoms with Crippen LogP contribution in [0.2, 0.25) is 0 Å². The SMILES string of the molecule is Cc1nc2nc3ccccc3n2c(O)c1/N=N/c1ccc(S(=O)(=O)O)cc1C(=O)O. The van der Waals surface area contributed by atoms with Crippen LogP contribution in [0.4, 0.5) is 11.4 Å². The summed E-state index contributed by atoms with van der Waals surface area (Å²) in [5.74, 6) is -1.50. The van der Waals surface area contributed by atoms with Crippen LogP contribution in [0.3, 0.4) is 0 Å². The van der Waals surface area contributed by atoms with Crippen LogP contribution in [-0.2, 0) is 10.1 Å². The zero-order valence-electron chi connectivity index (χ0n) is 15.3. The average Bonchev–Trinajstić information content (AvgIpc) is 3.05. The number of hydrogen-bond acceptors (Lipinski definition) is 8. The molecule has 4 aromatic rings. The number of nitrogens with zero attached hydrogens (tertiary/aromatic N) is 5. The van der Waals surface area contributed by atoms with Gasteiger partial charge in [0.05, 0.1) is 27.2 Å². The summed E-state index contributed by atoms with van der Waals surface area (Å²) in [7, 11) is -4.59. The van der Waals surface area contributed by atoms with Gasteiger partial charge in [-0.3, -0.25) is 4.55 Å². The van der Waals surface area contributed by atoms with Crippen LogP contribution in [0.1, 0.15) is 16.1 Å². The maximum Gasteiger partial charge on any atom is 0.338 e. The first-order valence-electron chi connectivity index (χ1n) is 8.40. The van der Waals surface area contributed by atoms with E-state index in [4.69, 9.17) is 4.55 Å². The minimum Gasteiger partial charge on any atom is -0.493 e. The second-order valence-electron chi connectivity index (χ2n) is 6.26. The van der Waals surface area contributed by atoms with Gasteiger partial charge in [-0.2, -0.15) is 8.42 Å². The molecule has 0 aliphatic rings. The highest BCUT2D eigenvalue weighted by Gasteiger charge is 2.19. The topological polar surface area (TPSA) is 167 Å². The lowest BCUT2D eigenvalue weighted by Crippen LogP contribution is -2.02. The number of aromatic nitrogens is 3. The van der Waals surface area contributed by atoms with Gasteiger partial charge in [0.15, 0.2) is 5.69 Å². The number of azo groups is 1. The van der Waals surface area contributed by atoms with Crippen molar-refractivity contribution < 1.29 is 28.0 Å². The van der Waals surface area contributed by atoms with Gasteiger partial charge in [0.2, 0.25) is 11.7 Å². The fraction of sp³-hybridized carbons (Fsp3) is 0.0556. The molecule has 0 aliphatic carbocycles. The van der Waals surface area contributed by atoms with E-state index in [-0.39, 0.29) is 23.0 Å². The van der Waals surface area contributed by atoms with Crippen molar-refractivity contribution in [2.45, 2.75) is 11.8 Å². The second-order valence-corrected chi connectivity index (χ2v) is 7.69. The zero-order valence-corrected chi connectivity index (χ0v) is 16.1. The highest BCUT2D eigenvalue weighted by atomic mass is 32.2. The molecular weight excluding hydrogens is 414 g/mol. The van der Waals surface area contributed by atoms with Gasteiger partial charge >= 0.3 is 5.97 Å². The minimum absolute atomic E-state index is 0.0131. The molecule has 0 amide bonds. The van der Waals surface area contributed by atoms with Crippen molar-refractivity contribution >= 4 is 44.3 Å². The summed E-state index contributed by atoms with van der Waals surface area (Å²) < 4.78 is 33.0. The van der Waals surface area contributed by atoms with Crippen LogP contribution in [0.25, 0.3) is 16.8 Å². The molecular formula is C18H13N5O6S. The maximum absolute atomic E-state index is 11.5. The fourth-order valence-corrected chi connectivity index (χ4v) is 3.43. The molecule has 2 heterocycles. The van der Waals surface area contributed by atoms with Gasteiger partial charge in [-0.25, -0.2) is 19.2 Å². The molecule has 4 rings (SSSR count). The summed E-state index contributed by atoms with van der Waals surface area (Å²) in [6.07, 6.45) is 0. The zero-order chi connectivity index (χ0) is 21.6. The van der Waals surface area contributed by atoms with E-state index in [1.54, 1.807) is 31.2 Å². The monoisotopic (exact) mass is 427 g/mol. The Hall–Kier alpha value is -3.90. The molecule has 0 saturated heterocycles. The molecule has 0 atom stereocenters. The molecule has 0 radical (unpaired) electrons. The van der Waals surface area contributed by atoms with Crippen LogP contribution in [0, 0.1) is 6.92 Å². The Morgan fingerprint density at radius 2 is 1.83 bits per heavy atom. The van der Waals surface area contributed by atoms with Crippen molar-refractivity contribution in [3.05, 3.63) is 53.7 Å². The summed E-state index contributed by atoms with van der Waals surface area (Å²) >= 11 is 0. The first kappa shape index (κ1) is 19.4. The Kier molecular flexibility index (Phi) is 4.44. The number of carboxylic acids is 1. The molecule has 0 aliphatic heterocycles. The van der Waals surface area contributed by atoms with E-state index in [1.807, 2.05) is 0 Å². The van der Waals surface area contributed by atoms with E-state index in [0.29, 0.717) is 16.7 Å². The van der Waals surface area contributed by atoms with E-state index >= 15 is 0 Å². The Morgan fingerprint density at radius 3 is 2.53 bits per heavy atom. The van der Waals surface area contributed by atoms with Gasteiger partial charge in [-0.05, 0) is 37.3 Å². The van der Waals surface area contributed by atoms with Crippen molar-refractivity contribution in [2.24, 2.45) is 10.2 Å². The highest BCUT2D eigenvalue weighted by Crippen LogP contribution is 2.34. The number of aromatic hydroxyl groups is 1. The molecule has 152 valence electrons. The van der Waals surface area contributed by atoms with Crippen LogP contribution < -0.4 is 0 Å². The molecule has 11 nitrogen and oxygen atoms in total. The lowest BCUT2D eigenvalue weighted by atomic mass is 10.2. The molecule has 0 bridgehead atoms. The molecule has 2 aromatic heterocycles. The van der Waals surface area contributed by atoms with Crippen molar-refractivity contribution in [2.75, 3.05) is 0 Å². The second kappa shape index (κ2) is 6.86. The third kappa shape index (κ3) is 3.23. The molecule has 2 aromatic carbocycles. The van der Waals surface area contributed by atoms with E-state index in [1.165, 1.54) is 4.40 Å². The standard InChI is InChI=1S/C18H13N5O6S/c1-9-15(16(24)23-14-5-3-2-4-13(14)20-18(23)19-9)22-21-12-7-6-10(30(27,28)29)8-11(12)17(25)26/h2-8,24H,1H3,(H,25,26)(H,27,28,29)/b22-21+. The smallest absolute Gasteiger partial charge is 0.338 e. The Labute approximate surface area is 168 Å². The summed E-state index contributed by atoms with van der Waals surface area (Å²) in [6.45, 7) is 1.58. The first-order chi connectivity index (χ1) is 14.2. The molecule has 0 unspecified atom stereocenters. The maximum atomic E-state index is 11.5. The number of fused-ring (bicyclic) bond motifs is 3. The average molecular weight is 427 g/mol. The van der Waals surface area contributed by atoms with Gasteiger partial charge in [-0.15, -0.1) is 10.2 Å². The normalized spacial score (nSPS) is 12.2. The third-order valence-corrected chi connectivity index (χ3v) is 5.18. The Bertz CT molecular complexity index is 1480. The number of rotatable bonds is 4. The molecule has 0 saturated carbocycles.